The molecule has 0 bridgehead atoms. The van der Waals surface area contributed by atoms with E-state index in [2.05, 4.69) is 21.2 Å². The Kier molecular flexibility index (Phi) is 5.13. The van der Waals surface area contributed by atoms with Crippen LogP contribution in [0.25, 0.3) is 0 Å². The Bertz CT molecular complexity index is 707. The predicted molar refractivity (Wildman–Crippen MR) is 84.0 cm³/mol. The van der Waals surface area contributed by atoms with E-state index in [0.29, 0.717) is 11.8 Å². The second-order valence-corrected chi connectivity index (χ2v) is 5.66. The number of nitrogens with one attached hydrogen (secondary N) is 1. The number of ether oxygens (including phenoxy) is 1. The third kappa shape index (κ3) is 4.04. The van der Waals surface area contributed by atoms with Crippen LogP contribution >= 0.6 is 15.9 Å². The van der Waals surface area contributed by atoms with Crippen molar-refractivity contribution in [3.63, 3.8) is 0 Å². The molecule has 0 saturated carbocycles. The maximum Gasteiger partial charge on any atom is 0.265 e. The summed E-state index contributed by atoms with van der Waals surface area (Å²) in [6.07, 6.45) is -0.844. The van der Waals surface area contributed by atoms with Gasteiger partial charge in [-0.1, -0.05) is 6.07 Å². The van der Waals surface area contributed by atoms with Crippen LogP contribution in [0.2, 0.25) is 0 Å². The number of rotatable bonds is 4. The maximum absolute atomic E-state index is 13.5. The van der Waals surface area contributed by atoms with Crippen LogP contribution in [-0.2, 0) is 4.79 Å². The summed E-state index contributed by atoms with van der Waals surface area (Å²) in [7, 11) is 0. The standard InChI is InChI=1S/C16H14BrF2NO2/c1-9-3-6-15(12(17)7-9)22-10(2)16(21)20-14-5-4-11(18)8-13(14)19/h3-8,10H,1-2H3,(H,20,21)/t10-/m1/s1. The Hall–Kier alpha value is -1.95. The molecule has 1 N–H and O–H groups in total. The molecule has 2 aromatic rings. The Morgan fingerprint density at radius 1 is 1.23 bits per heavy atom. The molecule has 3 nitrogen and oxygen atoms in total. The molecule has 0 unspecified atom stereocenters. The van der Waals surface area contributed by atoms with Gasteiger partial charge in [-0.2, -0.15) is 0 Å². The van der Waals surface area contributed by atoms with Crippen LogP contribution in [0.4, 0.5) is 14.5 Å². The first kappa shape index (κ1) is 16.4. The van der Waals surface area contributed by atoms with E-state index in [1.165, 1.54) is 0 Å². The van der Waals surface area contributed by atoms with Crippen molar-refractivity contribution in [1.29, 1.82) is 0 Å². The number of hydrogen-bond donors (Lipinski definition) is 1. The van der Waals surface area contributed by atoms with E-state index in [1.807, 2.05) is 19.1 Å². The molecule has 2 aromatic carbocycles. The molecule has 1 atom stereocenters. The Morgan fingerprint density at radius 2 is 1.95 bits per heavy atom. The first-order valence-corrected chi connectivity index (χ1v) is 7.35. The summed E-state index contributed by atoms with van der Waals surface area (Å²) >= 11 is 3.35. The van der Waals surface area contributed by atoms with Gasteiger partial charge in [-0.05, 0) is 59.6 Å². The lowest BCUT2D eigenvalue weighted by Gasteiger charge is -2.16. The lowest BCUT2D eigenvalue weighted by atomic mass is 10.2. The highest BCUT2D eigenvalue weighted by molar-refractivity contribution is 9.10. The zero-order chi connectivity index (χ0) is 16.3. The van der Waals surface area contributed by atoms with E-state index in [9.17, 15) is 13.6 Å². The van der Waals surface area contributed by atoms with E-state index >= 15 is 0 Å². The Labute approximate surface area is 135 Å². The van der Waals surface area contributed by atoms with Crippen molar-refractivity contribution < 1.29 is 18.3 Å². The number of halogens is 3. The van der Waals surface area contributed by atoms with Crippen LogP contribution in [0.1, 0.15) is 12.5 Å². The van der Waals surface area contributed by atoms with Crippen LogP contribution in [0.5, 0.6) is 5.75 Å². The van der Waals surface area contributed by atoms with Gasteiger partial charge in [-0.3, -0.25) is 4.79 Å². The van der Waals surface area contributed by atoms with Crippen molar-refractivity contribution in [1.82, 2.24) is 0 Å². The van der Waals surface area contributed by atoms with Gasteiger partial charge >= 0.3 is 0 Å². The predicted octanol–water partition coefficient (Wildman–Crippen LogP) is 4.44. The first-order valence-electron chi connectivity index (χ1n) is 6.55. The number of benzene rings is 2. The summed E-state index contributed by atoms with van der Waals surface area (Å²) in [5, 5.41) is 2.37. The van der Waals surface area contributed by atoms with Crippen molar-refractivity contribution in [2.24, 2.45) is 0 Å². The Balaban J connectivity index is 2.05. The number of carbonyl (C=O) groups excluding carboxylic acids is 1. The van der Waals surface area contributed by atoms with Crippen molar-refractivity contribution in [2.45, 2.75) is 20.0 Å². The molecule has 116 valence electrons. The number of carbonyl (C=O) groups is 1. The summed E-state index contributed by atoms with van der Waals surface area (Å²) in [6.45, 7) is 3.48. The molecule has 0 aliphatic carbocycles. The van der Waals surface area contributed by atoms with E-state index in [4.69, 9.17) is 4.74 Å². The largest absolute Gasteiger partial charge is 0.480 e. The third-order valence-corrected chi connectivity index (χ3v) is 3.57. The van der Waals surface area contributed by atoms with E-state index in [1.54, 1.807) is 13.0 Å². The van der Waals surface area contributed by atoms with Gasteiger partial charge in [0, 0.05) is 6.07 Å². The van der Waals surface area contributed by atoms with E-state index < -0.39 is 23.6 Å². The monoisotopic (exact) mass is 369 g/mol. The molecule has 0 radical (unpaired) electrons. The average molecular weight is 370 g/mol. The molecule has 0 fully saturated rings. The van der Waals surface area contributed by atoms with Crippen LogP contribution in [0.3, 0.4) is 0 Å². The smallest absolute Gasteiger partial charge is 0.265 e. The van der Waals surface area contributed by atoms with Crippen LogP contribution in [0, 0.1) is 18.6 Å². The second kappa shape index (κ2) is 6.87. The van der Waals surface area contributed by atoms with Gasteiger partial charge in [0.2, 0.25) is 0 Å². The molecule has 0 saturated heterocycles. The minimum absolute atomic E-state index is 0.0928. The molecule has 0 aliphatic heterocycles. The molecule has 0 aromatic heterocycles. The highest BCUT2D eigenvalue weighted by Crippen LogP contribution is 2.27. The summed E-state index contributed by atoms with van der Waals surface area (Å²) in [6, 6.07) is 8.39. The van der Waals surface area contributed by atoms with Crippen LogP contribution < -0.4 is 10.1 Å². The van der Waals surface area contributed by atoms with Gasteiger partial charge in [0.05, 0.1) is 10.2 Å². The second-order valence-electron chi connectivity index (χ2n) is 4.81. The van der Waals surface area contributed by atoms with Crippen LogP contribution in [-0.4, -0.2) is 12.0 Å². The normalized spacial score (nSPS) is 11.9. The number of aryl methyl sites for hydroxylation is 1. The first-order chi connectivity index (χ1) is 10.4. The van der Waals surface area contributed by atoms with Crippen LogP contribution in [0.15, 0.2) is 40.9 Å². The molecule has 0 heterocycles. The van der Waals surface area contributed by atoms with Crippen molar-refractivity contribution in [2.75, 3.05) is 5.32 Å². The molecular weight excluding hydrogens is 356 g/mol. The van der Waals surface area contributed by atoms with Gasteiger partial charge < -0.3 is 10.1 Å². The SMILES string of the molecule is Cc1ccc(O[C@H](C)C(=O)Nc2ccc(F)cc2F)c(Br)c1. The summed E-state index contributed by atoms with van der Waals surface area (Å²) in [5.41, 5.74) is 0.953. The Morgan fingerprint density at radius 3 is 2.59 bits per heavy atom. The number of amides is 1. The fourth-order valence-electron chi connectivity index (χ4n) is 1.77. The summed E-state index contributed by atoms with van der Waals surface area (Å²) < 4.78 is 32.6. The minimum atomic E-state index is -0.844. The quantitative estimate of drug-likeness (QED) is 0.864. The van der Waals surface area contributed by atoms with Gasteiger partial charge in [-0.15, -0.1) is 0 Å². The van der Waals surface area contributed by atoms with Gasteiger partial charge in [0.15, 0.2) is 6.10 Å². The van der Waals surface area contributed by atoms with Crippen molar-refractivity contribution in [3.05, 3.63) is 58.1 Å². The summed E-state index contributed by atoms with van der Waals surface area (Å²) in [5.74, 6) is -1.56. The van der Waals surface area contributed by atoms with E-state index in [-0.39, 0.29) is 5.69 Å². The molecule has 0 spiro atoms. The van der Waals surface area contributed by atoms with Crippen molar-refractivity contribution in [3.8, 4) is 5.75 Å². The third-order valence-electron chi connectivity index (χ3n) is 2.95. The highest BCUT2D eigenvalue weighted by atomic mass is 79.9. The lowest BCUT2D eigenvalue weighted by molar-refractivity contribution is -0.122. The minimum Gasteiger partial charge on any atom is -0.480 e. The number of hydrogen-bond acceptors (Lipinski definition) is 2. The fourth-order valence-corrected chi connectivity index (χ4v) is 2.36. The van der Waals surface area contributed by atoms with Gasteiger partial charge in [-0.25, -0.2) is 8.78 Å². The summed E-state index contributed by atoms with van der Waals surface area (Å²) in [4.78, 5) is 12.0. The molecule has 1 amide bonds. The maximum atomic E-state index is 13.5. The fraction of sp³-hybridized carbons (Fsp3) is 0.188. The topological polar surface area (TPSA) is 38.3 Å². The van der Waals surface area contributed by atoms with Gasteiger partial charge in [0.1, 0.15) is 17.4 Å². The highest BCUT2D eigenvalue weighted by Gasteiger charge is 2.17. The zero-order valence-corrected chi connectivity index (χ0v) is 13.6. The zero-order valence-electron chi connectivity index (χ0n) is 12.0. The lowest BCUT2D eigenvalue weighted by Crippen LogP contribution is -2.30. The molecule has 0 aliphatic rings. The van der Waals surface area contributed by atoms with E-state index in [0.717, 1.165) is 22.2 Å². The average Bonchev–Trinajstić information content (AvgIpc) is 2.44. The van der Waals surface area contributed by atoms with Gasteiger partial charge in [0.25, 0.3) is 5.91 Å². The molecule has 2 rings (SSSR count). The molecule has 22 heavy (non-hydrogen) atoms. The molecule has 6 heteroatoms. The molecular formula is C16H14BrF2NO2. The van der Waals surface area contributed by atoms with Crippen molar-refractivity contribution >= 4 is 27.5 Å². The number of anilines is 1.